The van der Waals surface area contributed by atoms with Gasteiger partial charge in [0.15, 0.2) is 0 Å². The van der Waals surface area contributed by atoms with E-state index in [4.69, 9.17) is 0 Å². The predicted octanol–water partition coefficient (Wildman–Crippen LogP) is 3.43. The Morgan fingerprint density at radius 3 is 2.74 bits per heavy atom. The first kappa shape index (κ1) is 15.8. The van der Waals surface area contributed by atoms with Gasteiger partial charge in [-0.05, 0) is 52.2 Å². The number of thiophene rings is 1. The van der Waals surface area contributed by atoms with Crippen LogP contribution in [0.15, 0.2) is 64.4 Å². The summed E-state index contributed by atoms with van der Waals surface area (Å²) in [6, 6.07) is 8.76. The van der Waals surface area contributed by atoms with Crippen molar-refractivity contribution in [1.82, 2.24) is 9.71 Å². The van der Waals surface area contributed by atoms with Gasteiger partial charge in [-0.25, -0.2) is 17.5 Å². The number of nitrogens with zero attached hydrogens (tertiary/aromatic N) is 1. The van der Waals surface area contributed by atoms with Crippen LogP contribution in [-0.2, 0) is 16.6 Å². The lowest BCUT2D eigenvalue weighted by atomic mass is 10.1. The molecule has 0 radical (unpaired) electrons. The molecule has 0 unspecified atom stereocenters. The fourth-order valence-corrected chi connectivity index (χ4v) is 3.78. The van der Waals surface area contributed by atoms with Crippen molar-refractivity contribution in [3.05, 3.63) is 70.9 Å². The van der Waals surface area contributed by atoms with E-state index in [0.29, 0.717) is 0 Å². The molecule has 1 aromatic carbocycles. The molecule has 1 N–H and O–H groups in total. The van der Waals surface area contributed by atoms with Crippen molar-refractivity contribution in [2.45, 2.75) is 11.4 Å². The standard InChI is InChI=1S/C16H13FN2O2S2/c17-15-2-1-3-16(7-15)23(20,21)19-9-12-6-14(10-18-8-12)13-4-5-22-11-13/h1-8,10-11,19H,9H2. The Bertz CT molecular complexity index is 909. The van der Waals surface area contributed by atoms with E-state index in [1.165, 1.54) is 18.2 Å². The van der Waals surface area contributed by atoms with E-state index in [9.17, 15) is 12.8 Å². The van der Waals surface area contributed by atoms with Gasteiger partial charge in [0.2, 0.25) is 10.0 Å². The number of rotatable bonds is 5. The molecule has 0 aliphatic rings. The Labute approximate surface area is 137 Å². The zero-order valence-corrected chi connectivity index (χ0v) is 13.6. The summed E-state index contributed by atoms with van der Waals surface area (Å²) in [5.74, 6) is -0.589. The highest BCUT2D eigenvalue weighted by atomic mass is 32.2. The lowest BCUT2D eigenvalue weighted by Gasteiger charge is -2.08. The minimum atomic E-state index is -3.76. The first-order chi connectivity index (χ1) is 11.0. The second-order valence-electron chi connectivity index (χ2n) is 4.88. The van der Waals surface area contributed by atoms with Gasteiger partial charge < -0.3 is 0 Å². The molecule has 0 saturated carbocycles. The summed E-state index contributed by atoms with van der Waals surface area (Å²) < 4.78 is 40.0. The van der Waals surface area contributed by atoms with Crippen molar-refractivity contribution in [2.75, 3.05) is 0 Å². The van der Waals surface area contributed by atoms with Gasteiger partial charge in [0.1, 0.15) is 5.82 Å². The van der Waals surface area contributed by atoms with Gasteiger partial charge in [-0.2, -0.15) is 11.3 Å². The summed E-state index contributed by atoms with van der Waals surface area (Å²) in [5, 5.41) is 3.96. The van der Waals surface area contributed by atoms with Gasteiger partial charge in [0.25, 0.3) is 0 Å². The van der Waals surface area contributed by atoms with E-state index in [1.807, 2.05) is 22.9 Å². The summed E-state index contributed by atoms with van der Waals surface area (Å²) in [6.07, 6.45) is 3.33. The van der Waals surface area contributed by atoms with Crippen molar-refractivity contribution < 1.29 is 12.8 Å². The molecular weight excluding hydrogens is 335 g/mol. The molecule has 0 saturated heterocycles. The van der Waals surface area contributed by atoms with Crippen LogP contribution in [0.25, 0.3) is 11.1 Å². The van der Waals surface area contributed by atoms with E-state index >= 15 is 0 Å². The molecule has 0 aliphatic heterocycles. The highest BCUT2D eigenvalue weighted by Gasteiger charge is 2.14. The fourth-order valence-electron chi connectivity index (χ4n) is 2.07. The SMILES string of the molecule is O=S(=O)(NCc1cncc(-c2ccsc2)c1)c1cccc(F)c1. The van der Waals surface area contributed by atoms with Crippen LogP contribution >= 0.6 is 11.3 Å². The van der Waals surface area contributed by atoms with Gasteiger partial charge in [-0.15, -0.1) is 0 Å². The minimum absolute atomic E-state index is 0.0871. The van der Waals surface area contributed by atoms with Crippen LogP contribution in [0.1, 0.15) is 5.56 Å². The Hall–Kier alpha value is -2.09. The largest absolute Gasteiger partial charge is 0.264 e. The van der Waals surface area contributed by atoms with Crippen LogP contribution in [0.5, 0.6) is 0 Å². The number of nitrogens with one attached hydrogen (secondary N) is 1. The number of halogens is 1. The topological polar surface area (TPSA) is 59.1 Å². The van der Waals surface area contributed by atoms with Crippen LogP contribution in [0.4, 0.5) is 4.39 Å². The zero-order valence-electron chi connectivity index (χ0n) is 11.9. The summed E-state index contributed by atoms with van der Waals surface area (Å²) in [5.41, 5.74) is 2.69. The maximum atomic E-state index is 13.2. The van der Waals surface area contributed by atoms with Crippen LogP contribution in [-0.4, -0.2) is 13.4 Å². The molecule has 2 aromatic heterocycles. The van der Waals surface area contributed by atoms with Crippen molar-refractivity contribution in [1.29, 1.82) is 0 Å². The third-order valence-corrected chi connectivity index (χ3v) is 5.30. The van der Waals surface area contributed by atoms with Gasteiger partial charge >= 0.3 is 0 Å². The minimum Gasteiger partial charge on any atom is -0.264 e. The molecule has 3 aromatic rings. The molecule has 3 rings (SSSR count). The molecule has 0 amide bonds. The van der Waals surface area contributed by atoms with Crippen LogP contribution in [0.3, 0.4) is 0 Å². The smallest absolute Gasteiger partial charge is 0.240 e. The van der Waals surface area contributed by atoms with Crippen LogP contribution < -0.4 is 4.72 Å². The highest BCUT2D eigenvalue weighted by molar-refractivity contribution is 7.89. The Morgan fingerprint density at radius 1 is 1.13 bits per heavy atom. The van der Waals surface area contributed by atoms with Crippen molar-refractivity contribution >= 4 is 21.4 Å². The van der Waals surface area contributed by atoms with Gasteiger partial charge in [0.05, 0.1) is 4.90 Å². The van der Waals surface area contributed by atoms with Gasteiger partial charge in [-0.1, -0.05) is 6.07 Å². The molecule has 0 fully saturated rings. The molecule has 2 heterocycles. The number of benzene rings is 1. The summed E-state index contributed by atoms with van der Waals surface area (Å²) >= 11 is 1.58. The highest BCUT2D eigenvalue weighted by Crippen LogP contribution is 2.22. The second-order valence-corrected chi connectivity index (χ2v) is 7.42. The van der Waals surface area contributed by atoms with E-state index in [2.05, 4.69) is 9.71 Å². The van der Waals surface area contributed by atoms with E-state index in [-0.39, 0.29) is 11.4 Å². The van der Waals surface area contributed by atoms with Crippen molar-refractivity contribution in [3.63, 3.8) is 0 Å². The lowest BCUT2D eigenvalue weighted by Crippen LogP contribution is -2.23. The molecule has 0 bridgehead atoms. The molecule has 0 spiro atoms. The van der Waals surface area contributed by atoms with E-state index in [1.54, 1.807) is 23.7 Å². The van der Waals surface area contributed by atoms with E-state index < -0.39 is 15.8 Å². The Morgan fingerprint density at radius 2 is 2.00 bits per heavy atom. The van der Waals surface area contributed by atoms with Crippen LogP contribution in [0.2, 0.25) is 0 Å². The number of hydrogen-bond donors (Lipinski definition) is 1. The van der Waals surface area contributed by atoms with Gasteiger partial charge in [0, 0.05) is 24.5 Å². The van der Waals surface area contributed by atoms with Crippen LogP contribution in [0, 0.1) is 5.82 Å². The van der Waals surface area contributed by atoms with E-state index in [0.717, 1.165) is 22.8 Å². The maximum absolute atomic E-state index is 13.2. The molecule has 0 aliphatic carbocycles. The summed E-state index contributed by atoms with van der Waals surface area (Å²) in [4.78, 5) is 4.04. The molecular formula is C16H13FN2O2S2. The third kappa shape index (κ3) is 3.82. The number of hydrogen-bond acceptors (Lipinski definition) is 4. The average Bonchev–Trinajstić information content (AvgIpc) is 3.08. The molecule has 23 heavy (non-hydrogen) atoms. The number of sulfonamides is 1. The fraction of sp³-hybridized carbons (Fsp3) is 0.0625. The lowest BCUT2D eigenvalue weighted by molar-refractivity contribution is 0.577. The maximum Gasteiger partial charge on any atom is 0.240 e. The Balaban J connectivity index is 1.77. The molecule has 118 valence electrons. The second kappa shape index (κ2) is 6.57. The first-order valence-corrected chi connectivity index (χ1v) is 9.19. The predicted molar refractivity (Wildman–Crippen MR) is 88.0 cm³/mol. The average molecular weight is 348 g/mol. The first-order valence-electron chi connectivity index (χ1n) is 6.76. The number of pyridine rings is 1. The van der Waals surface area contributed by atoms with Gasteiger partial charge in [-0.3, -0.25) is 4.98 Å². The normalized spacial score (nSPS) is 11.5. The summed E-state index contributed by atoms with van der Waals surface area (Å²) in [7, 11) is -3.76. The van der Waals surface area contributed by atoms with Crippen molar-refractivity contribution in [3.8, 4) is 11.1 Å². The summed E-state index contributed by atoms with van der Waals surface area (Å²) in [6.45, 7) is 0.0871. The third-order valence-electron chi connectivity index (χ3n) is 3.22. The van der Waals surface area contributed by atoms with Crippen molar-refractivity contribution in [2.24, 2.45) is 0 Å². The quantitative estimate of drug-likeness (QED) is 0.768. The molecule has 0 atom stereocenters. The monoisotopic (exact) mass is 348 g/mol. The zero-order chi connectivity index (χ0) is 16.3. The molecule has 4 nitrogen and oxygen atoms in total. The Kier molecular flexibility index (Phi) is 4.51. The number of aromatic nitrogens is 1. The molecule has 7 heteroatoms.